The van der Waals surface area contributed by atoms with E-state index in [0.717, 1.165) is 41.8 Å². The number of amides is 1. The van der Waals surface area contributed by atoms with Crippen LogP contribution in [-0.4, -0.2) is 51.7 Å². The third kappa shape index (κ3) is 2.58. The second kappa shape index (κ2) is 6.91. The first-order chi connectivity index (χ1) is 17.8. The molecular formula is C30H29N3O4. The number of likely N-dealkylation sites (N-methyl/N-ethyl adjacent to an activating group) is 1. The van der Waals surface area contributed by atoms with Crippen LogP contribution in [0.15, 0.2) is 53.3 Å². The molecule has 188 valence electrons. The number of aliphatic hydroxyl groups is 1. The molecule has 2 bridgehead atoms. The molecule has 5 aliphatic rings. The van der Waals surface area contributed by atoms with E-state index in [4.69, 9.17) is 0 Å². The Labute approximate surface area is 214 Å². The van der Waals surface area contributed by atoms with Crippen LogP contribution in [0.5, 0.6) is 5.75 Å². The van der Waals surface area contributed by atoms with Gasteiger partial charge in [0.15, 0.2) is 0 Å². The van der Waals surface area contributed by atoms with Crippen LogP contribution in [0.4, 0.5) is 0 Å². The summed E-state index contributed by atoms with van der Waals surface area (Å²) in [4.78, 5) is 32.0. The smallest absolute Gasteiger partial charge is 0.261 e. The van der Waals surface area contributed by atoms with E-state index in [1.165, 1.54) is 11.1 Å². The van der Waals surface area contributed by atoms with Gasteiger partial charge in [-0.2, -0.15) is 0 Å². The fourth-order valence-corrected chi connectivity index (χ4v) is 9.04. The molecule has 8 rings (SSSR count). The number of benzene rings is 2. The lowest BCUT2D eigenvalue weighted by atomic mass is 9.58. The number of nitrogens with one attached hydrogen (secondary N) is 2. The van der Waals surface area contributed by atoms with Gasteiger partial charge in [-0.25, -0.2) is 0 Å². The van der Waals surface area contributed by atoms with Crippen LogP contribution >= 0.6 is 0 Å². The lowest BCUT2D eigenvalue weighted by Crippen LogP contribution is -2.66. The Bertz CT molecular complexity index is 1580. The Morgan fingerprint density at radius 1 is 1.08 bits per heavy atom. The summed E-state index contributed by atoms with van der Waals surface area (Å²) in [5.74, 6) is 0.200. The monoisotopic (exact) mass is 495 g/mol. The van der Waals surface area contributed by atoms with Gasteiger partial charge in [0.05, 0.1) is 12.1 Å². The van der Waals surface area contributed by atoms with Crippen molar-refractivity contribution in [3.05, 3.63) is 98.0 Å². The number of aromatic nitrogens is 1. The molecule has 4 aliphatic carbocycles. The van der Waals surface area contributed by atoms with Gasteiger partial charge in [0.25, 0.3) is 11.5 Å². The minimum absolute atomic E-state index is 0.101. The van der Waals surface area contributed by atoms with Crippen molar-refractivity contribution in [2.24, 2.45) is 5.92 Å². The molecule has 2 spiro atoms. The molecule has 1 amide bonds. The van der Waals surface area contributed by atoms with E-state index in [-0.39, 0.29) is 16.4 Å². The minimum atomic E-state index is -0.714. The molecule has 6 atom stereocenters. The molecule has 1 aromatic heterocycles. The highest BCUT2D eigenvalue weighted by atomic mass is 16.3. The molecule has 1 saturated carbocycles. The number of phenolic OH excluding ortho intramolecular Hbond substituents is 1. The second-order valence-electron chi connectivity index (χ2n) is 12.0. The third-order valence-electron chi connectivity index (χ3n) is 10.3. The van der Waals surface area contributed by atoms with Crippen LogP contribution in [0.25, 0.3) is 0 Å². The van der Waals surface area contributed by atoms with E-state index in [0.29, 0.717) is 30.6 Å². The van der Waals surface area contributed by atoms with Gasteiger partial charge in [0, 0.05) is 35.5 Å². The number of nitrogens with zero attached hydrogens (tertiary/aromatic N) is 1. The van der Waals surface area contributed by atoms with E-state index < -0.39 is 23.6 Å². The van der Waals surface area contributed by atoms with Crippen LogP contribution in [0.3, 0.4) is 0 Å². The summed E-state index contributed by atoms with van der Waals surface area (Å²) in [6.45, 7) is 1.01. The van der Waals surface area contributed by atoms with Crippen molar-refractivity contribution in [1.29, 1.82) is 0 Å². The van der Waals surface area contributed by atoms with Crippen molar-refractivity contribution in [2.75, 3.05) is 13.6 Å². The molecule has 1 aliphatic heterocycles. The molecular weight excluding hydrogens is 466 g/mol. The average molecular weight is 496 g/mol. The summed E-state index contributed by atoms with van der Waals surface area (Å²) in [6.07, 6.45) is 2.31. The molecule has 1 unspecified atom stereocenters. The standard InChI is InChI=1S/C30H29N3O4/c1-33-14-30-13-29(21-11-17(34)6-7-20(21)30)12-23-16(9-22(29)26(30)33)8-19(27(36)31-23)28(37)32-25-18-5-3-2-4-15(18)10-24(25)35/h2-8,11,22,24-26,34-35H,9-10,12-14H2,1H3,(H,31,36)(H,32,37)/t22-,24+,25-,26-,29-,30?/m0/s1. The number of fused-ring (bicyclic) bond motifs is 4. The number of pyridine rings is 1. The van der Waals surface area contributed by atoms with E-state index in [1.807, 2.05) is 30.3 Å². The van der Waals surface area contributed by atoms with E-state index in [1.54, 1.807) is 12.1 Å². The van der Waals surface area contributed by atoms with Gasteiger partial charge in [-0.1, -0.05) is 30.3 Å². The number of aromatic amines is 1. The first-order valence-electron chi connectivity index (χ1n) is 13.2. The molecule has 2 fully saturated rings. The topological polar surface area (TPSA) is 106 Å². The van der Waals surface area contributed by atoms with Gasteiger partial charge in [0.2, 0.25) is 0 Å². The highest BCUT2D eigenvalue weighted by molar-refractivity contribution is 5.94. The first-order valence-corrected chi connectivity index (χ1v) is 13.2. The lowest BCUT2D eigenvalue weighted by molar-refractivity contribution is -0.00144. The molecule has 2 heterocycles. The second-order valence-corrected chi connectivity index (χ2v) is 12.0. The summed E-state index contributed by atoms with van der Waals surface area (Å²) < 4.78 is 0. The van der Waals surface area contributed by atoms with Gasteiger partial charge < -0.3 is 25.4 Å². The fraction of sp³-hybridized carbons (Fsp3) is 0.400. The van der Waals surface area contributed by atoms with Crippen molar-refractivity contribution in [2.45, 2.75) is 54.7 Å². The highest BCUT2D eigenvalue weighted by Crippen LogP contribution is 2.71. The quantitative estimate of drug-likeness (QED) is 0.436. The zero-order valence-electron chi connectivity index (χ0n) is 20.6. The van der Waals surface area contributed by atoms with Crippen LogP contribution in [0.1, 0.15) is 56.3 Å². The van der Waals surface area contributed by atoms with Crippen molar-refractivity contribution in [1.82, 2.24) is 15.2 Å². The summed E-state index contributed by atoms with van der Waals surface area (Å²) in [7, 11) is 2.19. The van der Waals surface area contributed by atoms with Crippen LogP contribution < -0.4 is 10.9 Å². The Morgan fingerprint density at radius 2 is 1.92 bits per heavy atom. The molecule has 2 aromatic carbocycles. The highest BCUT2D eigenvalue weighted by Gasteiger charge is 2.74. The SMILES string of the molecule is CN1CC23C[C@@]4(Cc5[nH]c(=O)c(C(=O)N[C@H]6c7ccccc7C[C@H]6O)cc5C[C@H]4[C@H]12)c1cc(O)ccc13. The number of rotatable bonds is 2. The van der Waals surface area contributed by atoms with Crippen molar-refractivity contribution < 1.29 is 15.0 Å². The van der Waals surface area contributed by atoms with Gasteiger partial charge in [-0.05, 0) is 78.2 Å². The van der Waals surface area contributed by atoms with Gasteiger partial charge >= 0.3 is 0 Å². The summed E-state index contributed by atoms with van der Waals surface area (Å²) in [5, 5.41) is 23.9. The predicted octanol–water partition coefficient (Wildman–Crippen LogP) is 2.09. The Balaban J connectivity index is 1.16. The molecule has 4 N–H and O–H groups in total. The maximum Gasteiger partial charge on any atom is 0.261 e. The van der Waals surface area contributed by atoms with E-state index >= 15 is 0 Å². The van der Waals surface area contributed by atoms with Crippen molar-refractivity contribution in [3.63, 3.8) is 0 Å². The Hall–Kier alpha value is -3.42. The zero-order chi connectivity index (χ0) is 25.3. The number of phenols is 1. The normalized spacial score (nSPS) is 34.1. The van der Waals surface area contributed by atoms with Crippen LogP contribution in [-0.2, 0) is 30.1 Å². The minimum Gasteiger partial charge on any atom is -0.508 e. The average Bonchev–Trinajstić information content (AvgIpc) is 3.41. The fourth-order valence-electron chi connectivity index (χ4n) is 9.04. The number of likely N-dealkylation sites (tertiary alicyclic amines) is 1. The largest absolute Gasteiger partial charge is 0.508 e. The number of carbonyl (C=O) groups is 1. The van der Waals surface area contributed by atoms with Crippen LogP contribution in [0, 0.1) is 5.92 Å². The molecule has 7 nitrogen and oxygen atoms in total. The number of H-pyrrole nitrogens is 1. The summed E-state index contributed by atoms with van der Waals surface area (Å²) >= 11 is 0. The number of aromatic hydroxyl groups is 1. The lowest BCUT2D eigenvalue weighted by Gasteiger charge is -2.58. The molecule has 7 heteroatoms. The van der Waals surface area contributed by atoms with Gasteiger partial charge in [0.1, 0.15) is 11.3 Å². The number of aliphatic hydroxyl groups excluding tert-OH is 1. The first kappa shape index (κ1) is 21.6. The maximum absolute atomic E-state index is 13.3. The molecule has 0 radical (unpaired) electrons. The summed E-state index contributed by atoms with van der Waals surface area (Å²) in [6, 6.07) is 15.2. The predicted molar refractivity (Wildman–Crippen MR) is 137 cm³/mol. The van der Waals surface area contributed by atoms with Gasteiger partial charge in [-0.15, -0.1) is 0 Å². The maximum atomic E-state index is 13.3. The Morgan fingerprint density at radius 3 is 2.76 bits per heavy atom. The van der Waals surface area contributed by atoms with Gasteiger partial charge in [-0.3, -0.25) is 9.59 Å². The Kier molecular flexibility index (Phi) is 4.04. The zero-order valence-corrected chi connectivity index (χ0v) is 20.6. The van der Waals surface area contributed by atoms with Crippen LogP contribution in [0.2, 0.25) is 0 Å². The van der Waals surface area contributed by atoms with Crippen molar-refractivity contribution in [3.8, 4) is 5.75 Å². The number of hydrogen-bond donors (Lipinski definition) is 4. The number of carbonyl (C=O) groups excluding carboxylic acids is 1. The molecule has 37 heavy (non-hydrogen) atoms. The van der Waals surface area contributed by atoms with E-state index in [2.05, 4.69) is 28.3 Å². The number of hydrogen-bond acceptors (Lipinski definition) is 5. The molecule has 1 saturated heterocycles. The third-order valence-corrected chi connectivity index (χ3v) is 10.3. The molecule has 3 aromatic rings. The summed E-state index contributed by atoms with van der Waals surface area (Å²) in [5.41, 5.74) is 6.16. The van der Waals surface area contributed by atoms with Crippen molar-refractivity contribution >= 4 is 5.91 Å². The van der Waals surface area contributed by atoms with E-state index in [9.17, 15) is 19.8 Å².